The van der Waals surface area contributed by atoms with Gasteiger partial charge in [-0.25, -0.2) is 0 Å². The number of fused-ring (bicyclic) bond motifs is 1. The first kappa shape index (κ1) is 18.6. The van der Waals surface area contributed by atoms with Gasteiger partial charge in [0.15, 0.2) is 11.5 Å². The lowest BCUT2D eigenvalue weighted by Crippen LogP contribution is -2.37. The average molecular weight is 383 g/mol. The third kappa shape index (κ3) is 4.04. The van der Waals surface area contributed by atoms with Crippen molar-refractivity contribution in [2.75, 3.05) is 13.3 Å². The summed E-state index contributed by atoms with van der Waals surface area (Å²) in [4.78, 5) is 30.1. The number of pyridine rings is 1. The molecule has 2 aromatic rings. The van der Waals surface area contributed by atoms with E-state index in [9.17, 15) is 9.59 Å². The number of likely N-dealkylation sites (tertiary alicyclic amines) is 1. The smallest absolute Gasteiger partial charge is 0.261 e. The van der Waals surface area contributed by atoms with Gasteiger partial charge in [-0.2, -0.15) is 0 Å². The largest absolute Gasteiger partial charge is 0.454 e. The summed E-state index contributed by atoms with van der Waals surface area (Å²) >= 11 is 0. The lowest BCUT2D eigenvalue weighted by molar-refractivity contribution is 0.0949. The Hall–Kier alpha value is -2.80. The summed E-state index contributed by atoms with van der Waals surface area (Å²) in [5, 5.41) is 2.79. The molecule has 7 nitrogen and oxygen atoms in total. The van der Waals surface area contributed by atoms with Gasteiger partial charge in [0.2, 0.25) is 6.79 Å². The fourth-order valence-electron chi connectivity index (χ4n) is 3.73. The van der Waals surface area contributed by atoms with Gasteiger partial charge in [0.25, 0.3) is 11.5 Å². The summed E-state index contributed by atoms with van der Waals surface area (Å²) in [6.07, 6.45) is 3.64. The molecule has 1 saturated heterocycles. The van der Waals surface area contributed by atoms with Crippen molar-refractivity contribution in [3.05, 3.63) is 57.5 Å². The van der Waals surface area contributed by atoms with E-state index >= 15 is 0 Å². The SMILES string of the molecule is C[C@@H]1CCCCN1Cc1ccc(C(=O)NCc2ccc3c(c2)OCO3)c(=O)[nH]1. The summed E-state index contributed by atoms with van der Waals surface area (Å²) in [6, 6.07) is 9.46. The predicted molar refractivity (Wildman–Crippen MR) is 105 cm³/mol. The molecule has 2 aliphatic heterocycles. The van der Waals surface area contributed by atoms with E-state index in [1.165, 1.54) is 19.3 Å². The summed E-state index contributed by atoms with van der Waals surface area (Å²) in [5.74, 6) is 0.975. The highest BCUT2D eigenvalue weighted by atomic mass is 16.7. The van der Waals surface area contributed by atoms with Gasteiger partial charge in [-0.15, -0.1) is 0 Å². The minimum atomic E-state index is -0.392. The van der Waals surface area contributed by atoms with Crippen LogP contribution in [-0.2, 0) is 13.1 Å². The molecule has 1 atom stereocenters. The molecule has 1 fully saturated rings. The van der Waals surface area contributed by atoms with E-state index in [1.807, 2.05) is 24.3 Å². The molecule has 0 radical (unpaired) electrons. The zero-order valence-corrected chi connectivity index (χ0v) is 16.0. The Morgan fingerprint density at radius 3 is 2.89 bits per heavy atom. The maximum Gasteiger partial charge on any atom is 0.261 e. The number of aromatic amines is 1. The fourth-order valence-corrected chi connectivity index (χ4v) is 3.73. The van der Waals surface area contributed by atoms with Gasteiger partial charge in [0.05, 0.1) is 0 Å². The molecular weight excluding hydrogens is 358 g/mol. The monoisotopic (exact) mass is 383 g/mol. The van der Waals surface area contributed by atoms with Crippen LogP contribution in [0.2, 0.25) is 0 Å². The highest BCUT2D eigenvalue weighted by Gasteiger charge is 2.19. The zero-order chi connectivity index (χ0) is 19.5. The fraction of sp³-hybridized carbons (Fsp3) is 0.429. The normalized spacial score (nSPS) is 18.8. The molecular formula is C21H25N3O4. The van der Waals surface area contributed by atoms with Crippen LogP contribution in [0, 0.1) is 0 Å². The maximum absolute atomic E-state index is 12.4. The van der Waals surface area contributed by atoms with Gasteiger partial charge < -0.3 is 19.8 Å². The first-order valence-corrected chi connectivity index (χ1v) is 9.73. The van der Waals surface area contributed by atoms with Crippen LogP contribution in [0.3, 0.4) is 0 Å². The molecule has 1 aromatic heterocycles. The van der Waals surface area contributed by atoms with E-state index in [0.717, 1.165) is 17.8 Å². The Labute approximate surface area is 163 Å². The van der Waals surface area contributed by atoms with Crippen molar-refractivity contribution in [2.24, 2.45) is 0 Å². The first-order valence-electron chi connectivity index (χ1n) is 9.73. The highest BCUT2D eigenvalue weighted by Crippen LogP contribution is 2.32. The van der Waals surface area contributed by atoms with Crippen LogP contribution in [0.5, 0.6) is 11.5 Å². The number of hydrogen-bond acceptors (Lipinski definition) is 5. The lowest BCUT2D eigenvalue weighted by atomic mass is 10.0. The molecule has 7 heteroatoms. The number of rotatable bonds is 5. The molecule has 148 valence electrons. The quantitative estimate of drug-likeness (QED) is 0.828. The molecule has 1 amide bonds. The van der Waals surface area contributed by atoms with E-state index in [0.29, 0.717) is 30.6 Å². The zero-order valence-electron chi connectivity index (χ0n) is 16.0. The molecule has 0 saturated carbocycles. The minimum Gasteiger partial charge on any atom is -0.454 e. The number of H-pyrrole nitrogens is 1. The van der Waals surface area contributed by atoms with Crippen LogP contribution >= 0.6 is 0 Å². The molecule has 28 heavy (non-hydrogen) atoms. The van der Waals surface area contributed by atoms with Crippen LogP contribution in [0.1, 0.15) is 47.8 Å². The molecule has 1 aromatic carbocycles. The Kier molecular flexibility index (Phi) is 5.34. The van der Waals surface area contributed by atoms with Gasteiger partial charge in [0, 0.05) is 24.8 Å². The van der Waals surface area contributed by atoms with Gasteiger partial charge in [-0.3, -0.25) is 14.5 Å². The maximum atomic E-state index is 12.4. The molecule has 0 aliphatic carbocycles. The number of nitrogens with one attached hydrogen (secondary N) is 2. The van der Waals surface area contributed by atoms with Gasteiger partial charge in [-0.1, -0.05) is 12.5 Å². The number of aromatic nitrogens is 1. The van der Waals surface area contributed by atoms with Crippen LogP contribution in [-0.4, -0.2) is 35.2 Å². The molecule has 0 bridgehead atoms. The van der Waals surface area contributed by atoms with E-state index < -0.39 is 5.91 Å². The highest BCUT2D eigenvalue weighted by molar-refractivity contribution is 5.93. The average Bonchev–Trinajstić information content (AvgIpc) is 3.16. The number of ether oxygens (including phenoxy) is 2. The van der Waals surface area contributed by atoms with Crippen molar-refractivity contribution in [3.8, 4) is 11.5 Å². The molecule has 4 rings (SSSR count). The van der Waals surface area contributed by atoms with Crippen molar-refractivity contribution in [3.63, 3.8) is 0 Å². The number of carbonyl (C=O) groups excluding carboxylic acids is 1. The third-order valence-corrected chi connectivity index (χ3v) is 5.42. The number of hydrogen-bond donors (Lipinski definition) is 2. The van der Waals surface area contributed by atoms with E-state index in [2.05, 4.69) is 22.1 Å². The Bertz CT molecular complexity index is 924. The second kappa shape index (κ2) is 8.06. The van der Waals surface area contributed by atoms with Gasteiger partial charge >= 0.3 is 0 Å². The molecule has 3 heterocycles. The number of nitrogens with zero attached hydrogens (tertiary/aromatic N) is 1. The van der Waals surface area contributed by atoms with Gasteiger partial charge in [-0.05, 0) is 56.1 Å². The Morgan fingerprint density at radius 1 is 1.21 bits per heavy atom. The van der Waals surface area contributed by atoms with E-state index in [-0.39, 0.29) is 17.9 Å². The third-order valence-electron chi connectivity index (χ3n) is 5.42. The van der Waals surface area contributed by atoms with Crippen LogP contribution in [0.25, 0.3) is 0 Å². The minimum absolute atomic E-state index is 0.121. The van der Waals surface area contributed by atoms with Crippen molar-refractivity contribution in [1.29, 1.82) is 0 Å². The number of carbonyl (C=O) groups is 1. The number of piperidine rings is 1. The van der Waals surface area contributed by atoms with E-state index in [4.69, 9.17) is 9.47 Å². The van der Waals surface area contributed by atoms with Crippen molar-refractivity contribution < 1.29 is 14.3 Å². The Balaban J connectivity index is 1.38. The summed E-state index contributed by atoms with van der Waals surface area (Å²) in [5.41, 5.74) is 1.48. The second-order valence-electron chi connectivity index (χ2n) is 7.41. The molecule has 2 N–H and O–H groups in total. The predicted octanol–water partition coefficient (Wildman–Crippen LogP) is 2.41. The molecule has 0 unspecified atom stereocenters. The van der Waals surface area contributed by atoms with Crippen molar-refractivity contribution in [1.82, 2.24) is 15.2 Å². The summed E-state index contributed by atoms with van der Waals surface area (Å²) in [6.45, 7) is 4.48. The standard InChI is InChI=1S/C21H25N3O4/c1-14-4-2-3-9-24(14)12-16-6-7-17(21(26)23-16)20(25)22-11-15-5-8-18-19(10-15)28-13-27-18/h5-8,10,14H,2-4,9,11-13H2,1H3,(H,22,25)(H,23,26)/t14-/m1/s1. The number of benzene rings is 1. The van der Waals surface area contributed by atoms with Gasteiger partial charge in [0.1, 0.15) is 5.56 Å². The summed E-state index contributed by atoms with van der Waals surface area (Å²) < 4.78 is 10.6. The molecule has 0 spiro atoms. The summed E-state index contributed by atoms with van der Waals surface area (Å²) in [7, 11) is 0. The topological polar surface area (TPSA) is 83.7 Å². The van der Waals surface area contributed by atoms with E-state index in [1.54, 1.807) is 6.07 Å². The van der Waals surface area contributed by atoms with Crippen molar-refractivity contribution in [2.45, 2.75) is 45.3 Å². The lowest BCUT2D eigenvalue weighted by Gasteiger charge is -2.33. The second-order valence-corrected chi connectivity index (χ2v) is 7.41. The Morgan fingerprint density at radius 2 is 2.07 bits per heavy atom. The number of amides is 1. The van der Waals surface area contributed by atoms with Crippen LogP contribution < -0.4 is 20.3 Å². The first-order chi connectivity index (χ1) is 13.6. The van der Waals surface area contributed by atoms with Crippen LogP contribution in [0.4, 0.5) is 0 Å². The van der Waals surface area contributed by atoms with Crippen LogP contribution in [0.15, 0.2) is 35.1 Å². The van der Waals surface area contributed by atoms with Crippen molar-refractivity contribution >= 4 is 5.91 Å². The molecule has 2 aliphatic rings.